The van der Waals surface area contributed by atoms with Crippen LogP contribution in [0.3, 0.4) is 0 Å². The van der Waals surface area contributed by atoms with Crippen LogP contribution in [0.2, 0.25) is 5.02 Å². The summed E-state index contributed by atoms with van der Waals surface area (Å²) in [6.45, 7) is 9.10. The second kappa shape index (κ2) is 13.4. The SMILES string of the molecule is Cc1ccc(-n2c(=O)/c(=C\c3ccc(C(C)(C)C)cc3)s/c2=C(/C#N)C(=O)Nc2cccc(S(=O)(=O)N3CCCCC3)c2)cc1Cl. The van der Waals surface area contributed by atoms with Crippen molar-refractivity contribution in [2.45, 2.75) is 57.3 Å². The molecule has 0 spiro atoms. The maximum Gasteiger partial charge on any atom is 0.273 e. The van der Waals surface area contributed by atoms with Crippen LogP contribution in [0, 0.1) is 18.3 Å². The average molecular weight is 675 g/mol. The van der Waals surface area contributed by atoms with Crippen LogP contribution in [0.1, 0.15) is 56.7 Å². The maximum absolute atomic E-state index is 13.9. The van der Waals surface area contributed by atoms with Crippen molar-refractivity contribution in [1.29, 1.82) is 5.26 Å². The summed E-state index contributed by atoms with van der Waals surface area (Å²) in [5.41, 5.74) is 2.63. The number of piperidine rings is 1. The van der Waals surface area contributed by atoms with Crippen LogP contribution in [-0.4, -0.2) is 36.3 Å². The van der Waals surface area contributed by atoms with E-state index in [1.54, 1.807) is 36.4 Å². The number of aryl methyl sites for hydroxylation is 1. The third kappa shape index (κ3) is 7.03. The highest BCUT2D eigenvalue weighted by atomic mass is 35.5. The molecule has 0 atom stereocenters. The molecule has 1 aliphatic rings. The van der Waals surface area contributed by atoms with Crippen LogP contribution in [0.25, 0.3) is 17.3 Å². The van der Waals surface area contributed by atoms with Gasteiger partial charge >= 0.3 is 0 Å². The van der Waals surface area contributed by atoms with Crippen LogP contribution in [-0.2, 0) is 20.2 Å². The molecule has 8 nitrogen and oxygen atoms in total. The van der Waals surface area contributed by atoms with E-state index in [2.05, 4.69) is 26.1 Å². The van der Waals surface area contributed by atoms with E-state index in [9.17, 15) is 23.3 Å². The van der Waals surface area contributed by atoms with Gasteiger partial charge in [0, 0.05) is 23.8 Å². The fraction of sp³-hybridized carbons (Fsp3) is 0.286. The Morgan fingerprint density at radius 1 is 1.02 bits per heavy atom. The molecule has 5 rings (SSSR count). The first-order valence-corrected chi connectivity index (χ1v) is 17.6. The van der Waals surface area contributed by atoms with Gasteiger partial charge in [-0.25, -0.2) is 8.42 Å². The van der Waals surface area contributed by atoms with Crippen molar-refractivity contribution in [3.05, 3.63) is 108 Å². The number of carbonyl (C=O) groups excluding carboxylic acids is 1. The van der Waals surface area contributed by atoms with Crippen LogP contribution < -0.4 is 20.1 Å². The van der Waals surface area contributed by atoms with Gasteiger partial charge in [0.15, 0.2) is 5.57 Å². The van der Waals surface area contributed by atoms with Crippen molar-refractivity contribution < 1.29 is 13.2 Å². The molecule has 1 aliphatic heterocycles. The molecule has 1 fully saturated rings. The van der Waals surface area contributed by atoms with Gasteiger partial charge in [0.25, 0.3) is 11.5 Å². The highest BCUT2D eigenvalue weighted by molar-refractivity contribution is 7.89. The number of anilines is 1. The number of thiazole rings is 1. The zero-order valence-electron chi connectivity index (χ0n) is 26.1. The van der Waals surface area contributed by atoms with E-state index >= 15 is 0 Å². The van der Waals surface area contributed by atoms with Gasteiger partial charge in [0.1, 0.15) is 10.7 Å². The van der Waals surface area contributed by atoms with Gasteiger partial charge in [0.2, 0.25) is 10.0 Å². The number of halogens is 1. The highest BCUT2D eigenvalue weighted by Crippen LogP contribution is 2.24. The van der Waals surface area contributed by atoms with Crippen molar-refractivity contribution in [1.82, 2.24) is 8.87 Å². The van der Waals surface area contributed by atoms with Gasteiger partial charge in [-0.3, -0.25) is 14.2 Å². The summed E-state index contributed by atoms with van der Waals surface area (Å²) in [6, 6.07) is 20.9. The van der Waals surface area contributed by atoms with E-state index in [-0.39, 0.29) is 26.2 Å². The summed E-state index contributed by atoms with van der Waals surface area (Å²) in [5, 5.41) is 13.4. The number of carbonyl (C=O) groups is 1. The minimum atomic E-state index is -3.74. The molecule has 2 heterocycles. The molecule has 46 heavy (non-hydrogen) atoms. The Labute approximate surface area is 277 Å². The number of sulfonamides is 1. The van der Waals surface area contributed by atoms with Crippen molar-refractivity contribution in [2.24, 2.45) is 0 Å². The Kier molecular flexibility index (Phi) is 9.70. The molecule has 1 amide bonds. The Bertz CT molecular complexity index is 2130. The van der Waals surface area contributed by atoms with Crippen LogP contribution in [0.5, 0.6) is 0 Å². The lowest BCUT2D eigenvalue weighted by molar-refractivity contribution is -0.111. The molecule has 0 radical (unpaired) electrons. The first kappa shape index (κ1) is 33.4. The topological polar surface area (TPSA) is 112 Å². The Hall–Kier alpha value is -4.01. The fourth-order valence-corrected chi connectivity index (χ4v) is 8.05. The standard InChI is InChI=1S/C35H35ClN4O4S2/c1-23-11-16-27(21-30(23)36)40-33(42)31(19-24-12-14-25(15-13-24)35(2,3)4)45-34(40)29(22-37)32(41)38-26-9-8-10-28(20-26)46(43,44)39-17-6-5-7-18-39/h8-16,19-21H,5-7,17-18H2,1-4H3,(H,38,41)/b31-19+,34-29-. The smallest absolute Gasteiger partial charge is 0.273 e. The quantitative estimate of drug-likeness (QED) is 0.291. The lowest BCUT2D eigenvalue weighted by Gasteiger charge is -2.26. The molecule has 11 heteroatoms. The van der Waals surface area contributed by atoms with Gasteiger partial charge in [-0.05, 0) is 78.3 Å². The van der Waals surface area contributed by atoms with E-state index in [0.717, 1.165) is 47.3 Å². The number of aromatic nitrogens is 1. The summed E-state index contributed by atoms with van der Waals surface area (Å²) in [5.74, 6) is -0.774. The molecule has 1 aromatic heterocycles. The molecule has 0 aliphatic carbocycles. The second-order valence-electron chi connectivity index (χ2n) is 12.3. The van der Waals surface area contributed by atoms with Crippen LogP contribution in [0.15, 0.2) is 76.4 Å². The van der Waals surface area contributed by atoms with Gasteiger partial charge in [-0.1, -0.05) is 75.2 Å². The summed E-state index contributed by atoms with van der Waals surface area (Å²) in [7, 11) is -3.74. The Balaban J connectivity index is 1.61. The normalized spacial score (nSPS) is 15.3. The molecule has 0 unspecified atom stereocenters. The number of nitrogens with one attached hydrogen (secondary N) is 1. The number of amides is 1. The number of benzene rings is 3. The Morgan fingerprint density at radius 2 is 1.72 bits per heavy atom. The number of nitrogens with zero attached hydrogens (tertiary/aromatic N) is 3. The summed E-state index contributed by atoms with van der Waals surface area (Å²) >= 11 is 7.45. The lowest BCUT2D eigenvalue weighted by Crippen LogP contribution is -2.35. The minimum absolute atomic E-state index is 0.0344. The molecular formula is C35H35ClN4O4S2. The average Bonchev–Trinajstić information content (AvgIpc) is 3.34. The van der Waals surface area contributed by atoms with Crippen LogP contribution >= 0.6 is 22.9 Å². The summed E-state index contributed by atoms with van der Waals surface area (Å²) in [6.07, 6.45) is 4.32. The predicted molar refractivity (Wildman–Crippen MR) is 184 cm³/mol. The third-order valence-electron chi connectivity index (χ3n) is 7.91. The van der Waals surface area contributed by atoms with E-state index in [1.165, 1.54) is 21.0 Å². The number of hydrogen-bond donors (Lipinski definition) is 1. The largest absolute Gasteiger partial charge is 0.321 e. The molecule has 0 bridgehead atoms. The van der Waals surface area contributed by atoms with E-state index in [4.69, 9.17) is 11.6 Å². The van der Waals surface area contributed by atoms with Crippen molar-refractivity contribution in [3.8, 4) is 11.8 Å². The van der Waals surface area contributed by atoms with Crippen molar-refractivity contribution in [3.63, 3.8) is 0 Å². The molecular weight excluding hydrogens is 640 g/mol. The predicted octanol–water partition coefficient (Wildman–Crippen LogP) is 5.47. The zero-order valence-corrected chi connectivity index (χ0v) is 28.5. The molecule has 0 saturated carbocycles. The monoisotopic (exact) mass is 674 g/mol. The van der Waals surface area contributed by atoms with Crippen molar-refractivity contribution in [2.75, 3.05) is 18.4 Å². The van der Waals surface area contributed by atoms with Crippen molar-refractivity contribution >= 4 is 56.2 Å². The summed E-state index contributed by atoms with van der Waals surface area (Å²) in [4.78, 5) is 27.6. The number of nitriles is 1. The molecule has 3 aromatic carbocycles. The first-order valence-electron chi connectivity index (χ1n) is 15.0. The highest BCUT2D eigenvalue weighted by Gasteiger charge is 2.26. The number of rotatable bonds is 6. The zero-order chi connectivity index (χ0) is 33.2. The summed E-state index contributed by atoms with van der Waals surface area (Å²) < 4.78 is 29.7. The lowest BCUT2D eigenvalue weighted by atomic mass is 9.87. The third-order valence-corrected chi connectivity index (χ3v) is 11.3. The minimum Gasteiger partial charge on any atom is -0.321 e. The second-order valence-corrected chi connectivity index (χ2v) is 15.7. The van der Waals surface area contributed by atoms with Gasteiger partial charge in [0.05, 0.1) is 15.1 Å². The first-order chi connectivity index (χ1) is 21.8. The maximum atomic E-state index is 13.9. The van der Waals surface area contributed by atoms with Crippen LogP contribution in [0.4, 0.5) is 5.69 Å². The molecule has 1 saturated heterocycles. The molecule has 1 N–H and O–H groups in total. The number of hydrogen-bond acceptors (Lipinski definition) is 6. The van der Waals surface area contributed by atoms with E-state index < -0.39 is 21.5 Å². The molecule has 4 aromatic rings. The van der Waals surface area contributed by atoms with Gasteiger partial charge < -0.3 is 5.32 Å². The fourth-order valence-electron chi connectivity index (χ4n) is 5.21. The molecule has 238 valence electrons. The van der Waals surface area contributed by atoms with E-state index in [0.29, 0.717) is 28.3 Å². The van der Waals surface area contributed by atoms with E-state index in [1.807, 2.05) is 37.3 Å². The Morgan fingerprint density at radius 3 is 2.35 bits per heavy atom. The van der Waals surface area contributed by atoms with Gasteiger partial charge in [-0.15, -0.1) is 11.3 Å². The van der Waals surface area contributed by atoms with Gasteiger partial charge in [-0.2, -0.15) is 9.57 Å².